The van der Waals surface area contributed by atoms with E-state index in [2.05, 4.69) is 54.5 Å². The summed E-state index contributed by atoms with van der Waals surface area (Å²) in [6.07, 6.45) is -2.76. The van der Waals surface area contributed by atoms with Gasteiger partial charge in [-0.05, 0) is 89.1 Å². The van der Waals surface area contributed by atoms with E-state index < -0.39 is 12.1 Å². The number of thiophene rings is 1. The summed E-state index contributed by atoms with van der Waals surface area (Å²) in [4.78, 5) is 24.2. The second-order valence-corrected chi connectivity index (χ2v) is 8.62. The minimum absolute atomic E-state index is 0.0353. The molecule has 2 aromatic heterocycles. The number of benzene rings is 1. The predicted octanol–water partition coefficient (Wildman–Crippen LogP) is 4.64. The van der Waals surface area contributed by atoms with Crippen molar-refractivity contribution in [2.75, 3.05) is 18.4 Å². The van der Waals surface area contributed by atoms with Crippen LogP contribution in [0.25, 0.3) is 10.9 Å². The molecule has 31 heavy (non-hydrogen) atoms. The highest BCUT2D eigenvalue weighted by molar-refractivity contribution is 14.1. The first-order valence-corrected chi connectivity index (χ1v) is 11.2. The second-order valence-electron chi connectivity index (χ2n) is 6.76. The molecule has 1 saturated heterocycles. The third-order valence-corrected chi connectivity index (χ3v) is 6.15. The molecule has 166 valence electrons. The number of carbonyl (C=O) groups is 2. The Labute approximate surface area is 192 Å². The molecule has 0 radical (unpaired) electrons. The van der Waals surface area contributed by atoms with Gasteiger partial charge in [-0.3, -0.25) is 14.8 Å². The normalized spacial score (nSPS) is 15.4. The molecule has 0 saturated carbocycles. The standard InChI is InChI=1S/C17H17IN4OS.C2HF3O2/c18-16-13-9-12(3-4-14(13)20-21-16)19-17(23)15(11-5-8-24-10-11)22-6-1-2-7-22;3-2(4,5)1(6)7/h3-5,8-10,15H,1-2,6-7H2,(H,19,23)(H,20,21);(H,6,7). The van der Waals surface area contributed by atoms with Crippen LogP contribution in [0.1, 0.15) is 24.4 Å². The number of nitrogens with zero attached hydrogens (tertiary/aromatic N) is 2. The molecule has 0 bridgehead atoms. The average Bonchev–Trinajstić information content (AvgIpc) is 3.46. The Bertz CT molecular complexity index is 1050. The van der Waals surface area contributed by atoms with E-state index in [1.54, 1.807) is 11.3 Å². The number of aromatic nitrogens is 2. The molecular formula is C19H18F3IN4O3S. The molecule has 1 unspecified atom stereocenters. The Morgan fingerprint density at radius 1 is 1.26 bits per heavy atom. The smallest absolute Gasteiger partial charge is 0.475 e. The summed E-state index contributed by atoms with van der Waals surface area (Å²) < 4.78 is 32.7. The van der Waals surface area contributed by atoms with Crippen LogP contribution in [0.4, 0.5) is 18.9 Å². The van der Waals surface area contributed by atoms with E-state index >= 15 is 0 Å². The highest BCUT2D eigenvalue weighted by Gasteiger charge is 2.38. The lowest BCUT2D eigenvalue weighted by Gasteiger charge is -2.26. The van der Waals surface area contributed by atoms with E-state index in [1.165, 1.54) is 0 Å². The van der Waals surface area contributed by atoms with Crippen LogP contribution in [0.5, 0.6) is 0 Å². The molecule has 4 rings (SSSR count). The van der Waals surface area contributed by atoms with Gasteiger partial charge in [-0.15, -0.1) is 0 Å². The maximum atomic E-state index is 13.0. The topological polar surface area (TPSA) is 98.3 Å². The van der Waals surface area contributed by atoms with Gasteiger partial charge in [0.1, 0.15) is 9.74 Å². The fourth-order valence-corrected chi connectivity index (χ4v) is 4.46. The number of likely N-dealkylation sites (tertiary alicyclic amines) is 1. The van der Waals surface area contributed by atoms with Gasteiger partial charge in [-0.2, -0.15) is 29.6 Å². The Balaban J connectivity index is 0.000000339. The zero-order valence-corrected chi connectivity index (χ0v) is 18.9. The number of alkyl halides is 3. The molecule has 3 N–H and O–H groups in total. The molecule has 1 fully saturated rings. The second kappa shape index (κ2) is 9.96. The number of H-pyrrole nitrogens is 1. The highest BCUT2D eigenvalue weighted by Crippen LogP contribution is 2.29. The van der Waals surface area contributed by atoms with Gasteiger partial charge in [0.05, 0.1) is 5.52 Å². The first-order valence-electron chi connectivity index (χ1n) is 9.17. The molecule has 0 aliphatic carbocycles. The Morgan fingerprint density at radius 3 is 2.52 bits per heavy atom. The summed E-state index contributed by atoms with van der Waals surface area (Å²) in [5.74, 6) is -2.72. The molecule has 1 aliphatic heterocycles. The van der Waals surface area contributed by atoms with Crippen molar-refractivity contribution in [2.24, 2.45) is 0 Å². The van der Waals surface area contributed by atoms with Gasteiger partial charge in [0.15, 0.2) is 0 Å². The number of aromatic amines is 1. The number of anilines is 1. The Kier molecular flexibility index (Phi) is 7.54. The quantitative estimate of drug-likeness (QED) is 0.400. The number of fused-ring (bicyclic) bond motifs is 1. The van der Waals surface area contributed by atoms with Gasteiger partial charge in [0.2, 0.25) is 5.91 Å². The summed E-state index contributed by atoms with van der Waals surface area (Å²) in [5, 5.41) is 22.5. The largest absolute Gasteiger partial charge is 0.490 e. The highest BCUT2D eigenvalue weighted by atomic mass is 127. The maximum absolute atomic E-state index is 13.0. The van der Waals surface area contributed by atoms with Crippen LogP contribution in [0.15, 0.2) is 35.0 Å². The molecular weight excluding hydrogens is 548 g/mol. The van der Waals surface area contributed by atoms with Crippen molar-refractivity contribution < 1.29 is 27.9 Å². The van der Waals surface area contributed by atoms with Crippen molar-refractivity contribution in [3.05, 3.63) is 44.3 Å². The van der Waals surface area contributed by atoms with E-state index in [4.69, 9.17) is 9.90 Å². The van der Waals surface area contributed by atoms with Crippen molar-refractivity contribution >= 4 is 62.4 Å². The molecule has 12 heteroatoms. The van der Waals surface area contributed by atoms with Crippen molar-refractivity contribution in [1.29, 1.82) is 0 Å². The van der Waals surface area contributed by atoms with Crippen molar-refractivity contribution in [3.8, 4) is 0 Å². The number of nitrogens with one attached hydrogen (secondary N) is 2. The van der Waals surface area contributed by atoms with Crippen LogP contribution in [0.3, 0.4) is 0 Å². The summed E-state index contributed by atoms with van der Waals surface area (Å²) >= 11 is 3.85. The molecule has 1 aromatic carbocycles. The fraction of sp³-hybridized carbons (Fsp3) is 0.316. The zero-order valence-electron chi connectivity index (χ0n) is 15.9. The monoisotopic (exact) mass is 566 g/mol. The molecule has 7 nitrogen and oxygen atoms in total. The number of rotatable bonds is 4. The number of hydrogen-bond acceptors (Lipinski definition) is 5. The number of amides is 1. The van der Waals surface area contributed by atoms with Gasteiger partial charge < -0.3 is 10.4 Å². The van der Waals surface area contributed by atoms with Gasteiger partial charge in [-0.25, -0.2) is 4.79 Å². The van der Waals surface area contributed by atoms with E-state index in [9.17, 15) is 18.0 Å². The number of halogens is 4. The molecule has 0 spiro atoms. The van der Waals surface area contributed by atoms with Crippen LogP contribution in [0.2, 0.25) is 0 Å². The van der Waals surface area contributed by atoms with Crippen LogP contribution >= 0.6 is 33.9 Å². The lowest BCUT2D eigenvalue weighted by Crippen LogP contribution is -2.35. The molecule has 1 aliphatic rings. The average molecular weight is 566 g/mol. The number of carbonyl (C=O) groups excluding carboxylic acids is 1. The Hall–Kier alpha value is -2.19. The molecule has 3 aromatic rings. The van der Waals surface area contributed by atoms with Crippen molar-refractivity contribution in [3.63, 3.8) is 0 Å². The molecule has 3 heterocycles. The van der Waals surface area contributed by atoms with E-state index in [-0.39, 0.29) is 11.9 Å². The summed E-state index contributed by atoms with van der Waals surface area (Å²) in [6, 6.07) is 7.66. The first kappa shape index (κ1) is 23.5. The van der Waals surface area contributed by atoms with E-state index in [0.717, 1.165) is 51.8 Å². The predicted molar refractivity (Wildman–Crippen MR) is 119 cm³/mol. The van der Waals surface area contributed by atoms with Gasteiger partial charge in [-0.1, -0.05) is 0 Å². The first-order chi connectivity index (χ1) is 14.7. The fourth-order valence-electron chi connectivity index (χ4n) is 3.23. The van der Waals surface area contributed by atoms with Crippen LogP contribution in [-0.4, -0.2) is 51.3 Å². The van der Waals surface area contributed by atoms with E-state index in [0.29, 0.717) is 0 Å². The summed E-state index contributed by atoms with van der Waals surface area (Å²) in [7, 11) is 0. The van der Waals surface area contributed by atoms with Crippen LogP contribution < -0.4 is 5.32 Å². The lowest BCUT2D eigenvalue weighted by molar-refractivity contribution is -0.192. The van der Waals surface area contributed by atoms with E-state index in [1.807, 2.05) is 23.6 Å². The summed E-state index contributed by atoms with van der Waals surface area (Å²) in [5.41, 5.74) is 2.80. The third-order valence-electron chi connectivity index (χ3n) is 4.63. The Morgan fingerprint density at radius 2 is 1.94 bits per heavy atom. The van der Waals surface area contributed by atoms with Crippen LogP contribution in [-0.2, 0) is 9.59 Å². The third kappa shape index (κ3) is 5.95. The molecule has 1 amide bonds. The maximum Gasteiger partial charge on any atom is 0.490 e. The van der Waals surface area contributed by atoms with Gasteiger partial charge >= 0.3 is 12.1 Å². The SMILES string of the molecule is O=C(Nc1ccc2n[nH]c(I)c2c1)C(c1ccsc1)N1CCCC1.O=C(O)C(F)(F)F. The van der Waals surface area contributed by atoms with Gasteiger partial charge in [0, 0.05) is 11.1 Å². The molecule has 1 atom stereocenters. The van der Waals surface area contributed by atoms with Crippen molar-refractivity contribution in [2.45, 2.75) is 25.1 Å². The number of hydrogen-bond donors (Lipinski definition) is 3. The van der Waals surface area contributed by atoms with Crippen LogP contribution in [0, 0.1) is 3.70 Å². The summed E-state index contributed by atoms with van der Waals surface area (Å²) in [6.45, 7) is 1.96. The van der Waals surface area contributed by atoms with Crippen molar-refractivity contribution in [1.82, 2.24) is 15.1 Å². The number of carboxylic acids is 1. The zero-order chi connectivity index (χ0) is 22.6. The number of carboxylic acid groups (broad SMARTS) is 1. The number of aliphatic carboxylic acids is 1. The lowest BCUT2D eigenvalue weighted by atomic mass is 10.1. The van der Waals surface area contributed by atoms with Gasteiger partial charge in [0.25, 0.3) is 0 Å². The minimum Gasteiger partial charge on any atom is -0.475 e. The minimum atomic E-state index is -5.08.